The third-order valence-corrected chi connectivity index (χ3v) is 5.41. The van der Waals surface area contributed by atoms with Gasteiger partial charge in [0.2, 0.25) is 0 Å². The van der Waals surface area contributed by atoms with Gasteiger partial charge in [0, 0.05) is 32.7 Å². The van der Waals surface area contributed by atoms with Gasteiger partial charge < -0.3 is 19.9 Å². The zero-order valence-electron chi connectivity index (χ0n) is 15.1. The van der Waals surface area contributed by atoms with E-state index < -0.39 is 0 Å². The molecule has 2 atom stereocenters. The number of aliphatic imine (C=N–C) groups is 1. The van der Waals surface area contributed by atoms with Crippen LogP contribution in [-0.2, 0) is 18.3 Å². The van der Waals surface area contributed by atoms with Crippen LogP contribution in [0.2, 0.25) is 0 Å². The van der Waals surface area contributed by atoms with Gasteiger partial charge in [-0.05, 0) is 20.3 Å². The molecule has 2 N–H and O–H groups in total. The second kappa shape index (κ2) is 7.33. The van der Waals surface area contributed by atoms with Crippen molar-refractivity contribution < 1.29 is 4.74 Å². The number of hydrogen-bond donors (Lipinski definition) is 2. The third kappa shape index (κ3) is 3.62. The number of aryl methyl sites for hydroxylation is 1. The molecule has 0 amide bonds. The van der Waals surface area contributed by atoms with Crippen molar-refractivity contribution in [3.05, 3.63) is 11.6 Å². The lowest BCUT2D eigenvalue weighted by atomic mass is 9.56. The van der Waals surface area contributed by atoms with Crippen molar-refractivity contribution in [3.63, 3.8) is 0 Å². The maximum atomic E-state index is 5.66. The predicted molar refractivity (Wildman–Crippen MR) is 102 cm³/mol. The highest BCUT2D eigenvalue weighted by atomic mass is 127. The number of nitrogens with zero attached hydrogens (tertiary/aromatic N) is 4. The molecule has 0 aromatic carbocycles. The van der Waals surface area contributed by atoms with Crippen molar-refractivity contribution in [3.8, 4) is 0 Å². The highest BCUT2D eigenvalue weighted by Crippen LogP contribution is 2.51. The lowest BCUT2D eigenvalue weighted by Crippen LogP contribution is -2.69. The summed E-state index contributed by atoms with van der Waals surface area (Å²) in [5.41, 5.74) is -0.0506. The molecule has 1 fully saturated rings. The van der Waals surface area contributed by atoms with Crippen LogP contribution in [0.4, 0.5) is 0 Å². The molecule has 0 spiro atoms. The molecule has 7 nitrogen and oxygen atoms in total. The van der Waals surface area contributed by atoms with E-state index in [4.69, 9.17) is 4.74 Å². The van der Waals surface area contributed by atoms with E-state index in [0.29, 0.717) is 12.6 Å². The van der Waals surface area contributed by atoms with Gasteiger partial charge in [-0.2, -0.15) is 0 Å². The smallest absolute Gasteiger partial charge is 0.191 e. The van der Waals surface area contributed by atoms with Crippen molar-refractivity contribution >= 4 is 29.9 Å². The first-order chi connectivity index (χ1) is 10.2. The van der Waals surface area contributed by atoms with Crippen LogP contribution in [0.1, 0.15) is 38.8 Å². The van der Waals surface area contributed by atoms with E-state index in [9.17, 15) is 0 Å². The highest BCUT2D eigenvalue weighted by molar-refractivity contribution is 14.0. The summed E-state index contributed by atoms with van der Waals surface area (Å²) in [5, 5.41) is 15.0. The molecule has 0 aliphatic heterocycles. The van der Waals surface area contributed by atoms with Crippen LogP contribution in [0.5, 0.6) is 0 Å². The molecular weight excluding hydrogens is 407 g/mol. The number of nitrogens with one attached hydrogen (secondary N) is 2. The zero-order valence-corrected chi connectivity index (χ0v) is 17.4. The Labute approximate surface area is 155 Å². The monoisotopic (exact) mass is 436 g/mol. The molecule has 1 heterocycles. The predicted octanol–water partition coefficient (Wildman–Crippen LogP) is 1.61. The Kier molecular flexibility index (Phi) is 6.42. The van der Waals surface area contributed by atoms with E-state index >= 15 is 0 Å². The van der Waals surface area contributed by atoms with Crippen LogP contribution in [0.3, 0.4) is 0 Å². The lowest BCUT2D eigenvalue weighted by Gasteiger charge is -2.59. The number of hydrogen-bond acceptors (Lipinski definition) is 4. The molecule has 132 valence electrons. The molecular formula is C15H29IN6O. The summed E-state index contributed by atoms with van der Waals surface area (Å²) in [7, 11) is 5.52. The van der Waals surface area contributed by atoms with Crippen LogP contribution >= 0.6 is 24.0 Å². The van der Waals surface area contributed by atoms with Gasteiger partial charge >= 0.3 is 0 Å². The fourth-order valence-corrected chi connectivity index (χ4v) is 2.85. The topological polar surface area (TPSA) is 76.4 Å². The molecule has 2 unspecified atom stereocenters. The molecule has 8 heteroatoms. The van der Waals surface area contributed by atoms with Crippen LogP contribution in [0, 0.1) is 12.3 Å². The fourth-order valence-electron chi connectivity index (χ4n) is 2.85. The van der Waals surface area contributed by atoms with Gasteiger partial charge in [-0.25, -0.2) is 0 Å². The van der Waals surface area contributed by atoms with Crippen molar-refractivity contribution in [2.45, 2.75) is 52.3 Å². The summed E-state index contributed by atoms with van der Waals surface area (Å²) in [6, 6.07) is 0.324. The molecule has 0 saturated heterocycles. The van der Waals surface area contributed by atoms with Gasteiger partial charge in [-0.15, -0.1) is 34.2 Å². The SMILES string of the molecule is CN=C(NCc1nnc(C)n1C)NC1CC(C)(OC)C1(C)C.I. The minimum absolute atomic E-state index is 0. The Balaban J connectivity index is 0.00000264. The highest BCUT2D eigenvalue weighted by Gasteiger charge is 2.58. The number of aromatic nitrogens is 3. The van der Waals surface area contributed by atoms with Crippen LogP contribution in [0.15, 0.2) is 4.99 Å². The first kappa shape index (κ1) is 20.1. The molecule has 2 rings (SSSR count). The zero-order chi connectivity index (χ0) is 16.5. The lowest BCUT2D eigenvalue weighted by molar-refractivity contribution is -0.176. The summed E-state index contributed by atoms with van der Waals surface area (Å²) in [6.45, 7) is 9.12. The van der Waals surface area contributed by atoms with Gasteiger partial charge in [0.25, 0.3) is 0 Å². The standard InChI is InChI=1S/C15H28N6O.HI/c1-10-19-20-12(21(10)6)9-17-13(16-5)18-11-8-15(4,22-7)14(11,2)3;/h11H,8-9H2,1-7H3,(H2,16,17,18);1H. The summed E-state index contributed by atoms with van der Waals surface area (Å²) in [6.07, 6.45) is 0.959. The fraction of sp³-hybridized carbons (Fsp3) is 0.800. The van der Waals surface area contributed by atoms with E-state index in [-0.39, 0.29) is 35.0 Å². The molecule has 0 bridgehead atoms. The quantitative estimate of drug-likeness (QED) is 0.426. The Bertz CT molecular complexity index is 570. The minimum atomic E-state index is -0.0930. The number of guanidine groups is 1. The van der Waals surface area contributed by atoms with Gasteiger partial charge in [0.1, 0.15) is 5.82 Å². The normalized spacial score (nSPS) is 26.2. The average Bonchev–Trinajstić information content (AvgIpc) is 2.81. The van der Waals surface area contributed by atoms with Crippen molar-refractivity contribution in [2.75, 3.05) is 14.2 Å². The van der Waals surface area contributed by atoms with Crippen LogP contribution < -0.4 is 10.6 Å². The average molecular weight is 436 g/mol. The van der Waals surface area contributed by atoms with E-state index in [1.165, 1.54) is 0 Å². The first-order valence-corrected chi connectivity index (χ1v) is 7.62. The largest absolute Gasteiger partial charge is 0.378 e. The van der Waals surface area contributed by atoms with Crippen LogP contribution in [0.25, 0.3) is 0 Å². The molecule has 1 aliphatic rings. The minimum Gasteiger partial charge on any atom is -0.378 e. The maximum absolute atomic E-state index is 5.66. The van der Waals surface area contributed by atoms with Gasteiger partial charge in [0.05, 0.1) is 12.1 Å². The Hall–Kier alpha value is -0.900. The van der Waals surface area contributed by atoms with Crippen molar-refractivity contribution in [1.82, 2.24) is 25.4 Å². The van der Waals surface area contributed by atoms with Crippen LogP contribution in [-0.4, -0.2) is 46.5 Å². The van der Waals surface area contributed by atoms with Gasteiger partial charge in [-0.3, -0.25) is 4.99 Å². The van der Waals surface area contributed by atoms with E-state index in [1.54, 1.807) is 14.2 Å². The van der Waals surface area contributed by atoms with Crippen molar-refractivity contribution in [1.29, 1.82) is 0 Å². The summed E-state index contributed by atoms with van der Waals surface area (Å²) < 4.78 is 7.63. The van der Waals surface area contributed by atoms with Crippen molar-refractivity contribution in [2.24, 2.45) is 17.5 Å². The maximum Gasteiger partial charge on any atom is 0.191 e. The second-order valence-electron chi connectivity index (χ2n) is 6.71. The Morgan fingerprint density at radius 1 is 1.39 bits per heavy atom. The molecule has 1 saturated carbocycles. The van der Waals surface area contributed by atoms with Gasteiger partial charge in [-0.1, -0.05) is 13.8 Å². The first-order valence-electron chi connectivity index (χ1n) is 7.62. The molecule has 1 aromatic rings. The molecule has 1 aromatic heterocycles. The number of rotatable bonds is 4. The summed E-state index contributed by atoms with van der Waals surface area (Å²) in [5.74, 6) is 2.56. The van der Waals surface area contributed by atoms with E-state index in [2.05, 4.69) is 46.6 Å². The number of ether oxygens (including phenoxy) is 1. The Morgan fingerprint density at radius 2 is 2.04 bits per heavy atom. The number of methoxy groups -OCH3 is 1. The molecule has 0 radical (unpaired) electrons. The second-order valence-corrected chi connectivity index (χ2v) is 6.71. The third-order valence-electron chi connectivity index (χ3n) is 5.41. The van der Waals surface area contributed by atoms with E-state index in [0.717, 1.165) is 24.0 Å². The number of halogens is 1. The Morgan fingerprint density at radius 3 is 2.48 bits per heavy atom. The van der Waals surface area contributed by atoms with Gasteiger partial charge in [0.15, 0.2) is 11.8 Å². The summed E-state index contributed by atoms with van der Waals surface area (Å²) >= 11 is 0. The summed E-state index contributed by atoms with van der Waals surface area (Å²) in [4.78, 5) is 4.30. The molecule has 23 heavy (non-hydrogen) atoms. The van der Waals surface area contributed by atoms with E-state index in [1.807, 2.05) is 18.5 Å². The molecule has 1 aliphatic carbocycles.